The summed E-state index contributed by atoms with van der Waals surface area (Å²) >= 11 is 6.43. The van der Waals surface area contributed by atoms with Gasteiger partial charge in [0.1, 0.15) is 11.9 Å². The first-order valence-electron chi connectivity index (χ1n) is 7.10. The first-order valence-corrected chi connectivity index (χ1v) is 8.38. The number of thiocarbonyl (C=S) groups is 1. The van der Waals surface area contributed by atoms with Crippen molar-refractivity contribution in [2.24, 2.45) is 5.92 Å². The van der Waals surface area contributed by atoms with E-state index in [4.69, 9.17) is 17.6 Å². The van der Waals surface area contributed by atoms with E-state index in [9.17, 15) is 9.90 Å². The minimum absolute atomic E-state index is 0.0147. The van der Waals surface area contributed by atoms with Crippen molar-refractivity contribution in [3.05, 3.63) is 0 Å². The molecule has 2 aliphatic rings. The van der Waals surface area contributed by atoms with E-state index in [2.05, 4.69) is 0 Å². The molecule has 2 atom stereocenters. The molecule has 0 aromatic rings. The second-order valence-electron chi connectivity index (χ2n) is 5.50. The summed E-state index contributed by atoms with van der Waals surface area (Å²) in [5.74, 6) is 0.684. The van der Waals surface area contributed by atoms with Crippen LogP contribution >= 0.6 is 24.0 Å². The molecule has 19 heavy (non-hydrogen) atoms. The standard InChI is InChI=1S/C14H21NO2S2/c15-12-13(17)11(19-14(12)18)8-4-7-10(16)9-5-2-1-3-6-9/h9,11,13,15,17H,1-8H2. The highest BCUT2D eigenvalue weighted by Crippen LogP contribution is 2.32. The average molecular weight is 299 g/mol. The van der Waals surface area contributed by atoms with Gasteiger partial charge >= 0.3 is 0 Å². The summed E-state index contributed by atoms with van der Waals surface area (Å²) in [5.41, 5.74) is 0.184. The van der Waals surface area contributed by atoms with Crippen molar-refractivity contribution in [3.63, 3.8) is 0 Å². The number of nitrogens with one attached hydrogen (secondary N) is 1. The fourth-order valence-electron chi connectivity index (χ4n) is 2.90. The number of aliphatic hydroxyl groups excluding tert-OH is 1. The van der Waals surface area contributed by atoms with Gasteiger partial charge in [0, 0.05) is 17.6 Å². The number of aliphatic hydroxyl groups is 1. The minimum atomic E-state index is -0.734. The van der Waals surface area contributed by atoms with Crippen LogP contribution in [0.2, 0.25) is 0 Å². The quantitative estimate of drug-likeness (QED) is 0.766. The number of thioether (sulfide) groups is 1. The Bertz CT molecular complexity index is 378. The molecule has 1 saturated carbocycles. The zero-order valence-corrected chi connectivity index (χ0v) is 12.7. The number of hydrogen-bond acceptors (Lipinski definition) is 5. The van der Waals surface area contributed by atoms with Crippen LogP contribution in [0.15, 0.2) is 0 Å². The highest BCUT2D eigenvalue weighted by atomic mass is 32.2. The van der Waals surface area contributed by atoms with Crippen molar-refractivity contribution in [2.45, 2.75) is 62.7 Å². The van der Waals surface area contributed by atoms with E-state index in [1.807, 2.05) is 0 Å². The van der Waals surface area contributed by atoms with Gasteiger partial charge in [0.25, 0.3) is 0 Å². The average Bonchev–Trinajstić information content (AvgIpc) is 2.67. The van der Waals surface area contributed by atoms with Crippen LogP contribution in [0, 0.1) is 11.3 Å². The topological polar surface area (TPSA) is 61.2 Å². The van der Waals surface area contributed by atoms with E-state index in [1.165, 1.54) is 31.0 Å². The molecule has 1 aliphatic heterocycles. The molecule has 1 aliphatic carbocycles. The van der Waals surface area contributed by atoms with Crippen LogP contribution in [-0.4, -0.2) is 32.2 Å². The van der Waals surface area contributed by atoms with E-state index >= 15 is 0 Å². The maximum atomic E-state index is 12.0. The number of rotatable bonds is 5. The highest BCUT2D eigenvalue weighted by Gasteiger charge is 2.34. The van der Waals surface area contributed by atoms with Crippen LogP contribution in [0.5, 0.6) is 0 Å². The maximum Gasteiger partial charge on any atom is 0.135 e. The SMILES string of the molecule is N=C1C(=S)SC(CCCC(=O)C2CCCCC2)C1O. The van der Waals surface area contributed by atoms with Crippen molar-refractivity contribution in [1.82, 2.24) is 0 Å². The van der Waals surface area contributed by atoms with Gasteiger partial charge in [-0.1, -0.05) is 31.5 Å². The number of hydrogen-bond donors (Lipinski definition) is 2. The monoisotopic (exact) mass is 299 g/mol. The van der Waals surface area contributed by atoms with E-state index < -0.39 is 6.10 Å². The Hall–Kier alpha value is -0.260. The summed E-state index contributed by atoms with van der Waals surface area (Å²) < 4.78 is 0.510. The van der Waals surface area contributed by atoms with Gasteiger partial charge < -0.3 is 10.5 Å². The Balaban J connectivity index is 1.70. The molecule has 1 heterocycles. The van der Waals surface area contributed by atoms with Gasteiger partial charge in [-0.2, -0.15) is 0 Å². The first-order chi connectivity index (χ1) is 9.09. The number of ketones is 1. The Morgan fingerprint density at radius 3 is 2.63 bits per heavy atom. The predicted octanol–water partition coefficient (Wildman–Crippen LogP) is 3.13. The largest absolute Gasteiger partial charge is 0.386 e. The molecule has 0 amide bonds. The number of Topliss-reactive ketones (excluding diaryl/α,β-unsaturated/α-hetero) is 1. The molecule has 0 spiro atoms. The van der Waals surface area contributed by atoms with E-state index in [1.54, 1.807) is 0 Å². The first kappa shape index (κ1) is 15.1. The molecule has 5 heteroatoms. The Morgan fingerprint density at radius 1 is 1.37 bits per heavy atom. The second-order valence-corrected chi connectivity index (χ2v) is 7.41. The zero-order chi connectivity index (χ0) is 13.8. The summed E-state index contributed by atoms with van der Waals surface area (Å²) in [4.78, 5) is 12.0. The molecule has 2 N–H and O–H groups in total. The minimum Gasteiger partial charge on any atom is -0.386 e. The lowest BCUT2D eigenvalue weighted by atomic mass is 9.84. The van der Waals surface area contributed by atoms with E-state index in [0.717, 1.165) is 25.7 Å². The number of carbonyl (C=O) groups is 1. The van der Waals surface area contributed by atoms with Crippen molar-refractivity contribution in [1.29, 1.82) is 5.41 Å². The van der Waals surface area contributed by atoms with Gasteiger partial charge in [0.15, 0.2) is 0 Å². The normalized spacial score (nSPS) is 28.9. The fraction of sp³-hybridized carbons (Fsp3) is 0.786. The maximum absolute atomic E-state index is 12.0. The predicted molar refractivity (Wildman–Crippen MR) is 83.1 cm³/mol. The van der Waals surface area contributed by atoms with Crippen molar-refractivity contribution >= 4 is 39.7 Å². The lowest BCUT2D eigenvalue weighted by molar-refractivity contribution is -0.123. The highest BCUT2D eigenvalue weighted by molar-refractivity contribution is 8.26. The van der Waals surface area contributed by atoms with Crippen LogP contribution in [-0.2, 0) is 4.79 Å². The third-order valence-corrected chi connectivity index (χ3v) is 5.84. The smallest absolute Gasteiger partial charge is 0.135 e. The molecule has 0 radical (unpaired) electrons. The third-order valence-electron chi connectivity index (χ3n) is 4.10. The van der Waals surface area contributed by atoms with Crippen LogP contribution in [0.1, 0.15) is 51.4 Å². The summed E-state index contributed by atoms with van der Waals surface area (Å²) in [6.45, 7) is 0. The van der Waals surface area contributed by atoms with Gasteiger partial charge in [-0.3, -0.25) is 4.79 Å². The molecule has 2 unspecified atom stereocenters. The van der Waals surface area contributed by atoms with Crippen LogP contribution in [0.25, 0.3) is 0 Å². The molecule has 3 nitrogen and oxygen atoms in total. The number of carbonyl (C=O) groups excluding carboxylic acids is 1. The van der Waals surface area contributed by atoms with Gasteiger partial charge in [-0.25, -0.2) is 0 Å². The molecular weight excluding hydrogens is 278 g/mol. The van der Waals surface area contributed by atoms with Crippen molar-refractivity contribution in [2.75, 3.05) is 0 Å². The van der Waals surface area contributed by atoms with E-state index in [0.29, 0.717) is 16.4 Å². The molecule has 2 fully saturated rings. The van der Waals surface area contributed by atoms with Gasteiger partial charge in [0.2, 0.25) is 0 Å². The zero-order valence-electron chi connectivity index (χ0n) is 11.1. The van der Waals surface area contributed by atoms with Crippen molar-refractivity contribution in [3.8, 4) is 0 Å². The molecule has 0 aromatic carbocycles. The van der Waals surface area contributed by atoms with Crippen molar-refractivity contribution < 1.29 is 9.90 Å². The summed E-state index contributed by atoms with van der Waals surface area (Å²) in [6.07, 6.45) is 7.25. The molecule has 2 rings (SSSR count). The summed E-state index contributed by atoms with van der Waals surface area (Å²) in [5, 5.41) is 17.4. The van der Waals surface area contributed by atoms with E-state index in [-0.39, 0.29) is 16.9 Å². The summed E-state index contributed by atoms with van der Waals surface area (Å²) in [7, 11) is 0. The third kappa shape index (κ3) is 3.86. The van der Waals surface area contributed by atoms with Crippen LogP contribution < -0.4 is 0 Å². The molecular formula is C14H21NO2S2. The van der Waals surface area contributed by atoms with Gasteiger partial charge in [-0.15, -0.1) is 11.8 Å². The Labute approximate surface area is 124 Å². The molecule has 1 saturated heterocycles. The Kier molecular flexibility index (Phi) is 5.54. The second kappa shape index (κ2) is 6.95. The van der Waals surface area contributed by atoms with Crippen LogP contribution in [0.4, 0.5) is 0 Å². The molecule has 0 bridgehead atoms. The lowest BCUT2D eigenvalue weighted by Gasteiger charge is -2.20. The van der Waals surface area contributed by atoms with Gasteiger partial charge in [0.05, 0.1) is 9.91 Å². The van der Waals surface area contributed by atoms with Crippen LogP contribution in [0.3, 0.4) is 0 Å². The molecule has 106 valence electrons. The molecule has 0 aromatic heterocycles. The fourth-order valence-corrected chi connectivity index (χ4v) is 4.46. The summed E-state index contributed by atoms with van der Waals surface area (Å²) in [6, 6.07) is 0. The lowest BCUT2D eigenvalue weighted by Crippen LogP contribution is -2.25. The van der Waals surface area contributed by atoms with Gasteiger partial charge in [-0.05, 0) is 25.7 Å². The Morgan fingerprint density at radius 2 is 2.05 bits per heavy atom.